The van der Waals surface area contributed by atoms with Gasteiger partial charge in [0.25, 0.3) is 12.9 Å². The van der Waals surface area contributed by atoms with Crippen molar-refractivity contribution >= 4 is 18.9 Å². The Balaban J connectivity index is 0.000000618. The molecule has 2 aromatic rings. The highest BCUT2D eigenvalue weighted by Gasteiger charge is 2.41. The normalized spacial score (nSPS) is 16.1. The zero-order valence-electron chi connectivity index (χ0n) is 19.1. The van der Waals surface area contributed by atoms with Gasteiger partial charge in [0.05, 0.1) is 37.0 Å². The lowest BCUT2D eigenvalue weighted by molar-refractivity contribution is -0.141. The second-order valence-electron chi connectivity index (χ2n) is 7.75. The quantitative estimate of drug-likeness (QED) is 0.526. The van der Waals surface area contributed by atoms with Crippen LogP contribution in [0.4, 0.5) is 0 Å². The first-order valence-corrected chi connectivity index (χ1v) is 10.9. The van der Waals surface area contributed by atoms with Crippen LogP contribution in [0, 0.1) is 0 Å². The molecule has 0 atom stereocenters. The third-order valence-electron chi connectivity index (χ3n) is 5.87. The van der Waals surface area contributed by atoms with Crippen molar-refractivity contribution in [2.45, 2.75) is 44.9 Å². The molecule has 11 heteroatoms. The SMILES string of the molecule is CCn1cncc1COc1ccc2c(c1)CCOC21CCN(CC(=O)O)CC1.O=CO.O=CO. The van der Waals surface area contributed by atoms with Gasteiger partial charge < -0.3 is 29.4 Å². The molecule has 0 radical (unpaired) electrons. The van der Waals surface area contributed by atoms with Gasteiger partial charge in [-0.15, -0.1) is 0 Å². The Labute approximate surface area is 197 Å². The van der Waals surface area contributed by atoms with Crippen molar-refractivity contribution in [2.75, 3.05) is 26.2 Å². The first-order chi connectivity index (χ1) is 16.4. The molecule has 1 aromatic carbocycles. The lowest BCUT2D eigenvalue weighted by Gasteiger charge is -2.44. The maximum Gasteiger partial charge on any atom is 0.317 e. The minimum atomic E-state index is -0.771. The van der Waals surface area contributed by atoms with Gasteiger partial charge >= 0.3 is 5.97 Å². The molecule has 186 valence electrons. The standard InChI is InChI=1S/C21H27N3O4.2CH2O2/c1-2-24-15-22-12-17(24)14-27-18-3-4-19-16(11-18)5-10-28-21(19)6-8-23(9-7-21)13-20(25)26;2*2-1-3/h3-4,11-12,15H,2,5-10,13-14H2,1H3,(H,25,26);2*1H,(H,2,3). The number of hydrogen-bond donors (Lipinski definition) is 3. The van der Waals surface area contributed by atoms with Crippen molar-refractivity contribution in [3.05, 3.63) is 47.5 Å². The van der Waals surface area contributed by atoms with E-state index < -0.39 is 5.97 Å². The van der Waals surface area contributed by atoms with E-state index in [1.54, 1.807) is 0 Å². The Bertz CT molecular complexity index is 932. The number of hydrogen-bond acceptors (Lipinski definition) is 7. The number of benzene rings is 1. The third kappa shape index (κ3) is 7.03. The number of nitrogens with zero attached hydrogens (tertiary/aromatic N) is 3. The van der Waals surface area contributed by atoms with E-state index in [2.05, 4.69) is 28.6 Å². The van der Waals surface area contributed by atoms with Gasteiger partial charge in [-0.2, -0.15) is 0 Å². The number of ether oxygens (including phenoxy) is 2. The molecule has 3 heterocycles. The smallest absolute Gasteiger partial charge is 0.317 e. The Morgan fingerprint density at radius 1 is 1.24 bits per heavy atom. The molecule has 1 spiro atoms. The van der Waals surface area contributed by atoms with Crippen LogP contribution in [0.1, 0.15) is 36.6 Å². The molecular weight excluding hydrogens is 446 g/mol. The molecule has 0 saturated carbocycles. The number of rotatable bonds is 6. The van der Waals surface area contributed by atoms with Crippen LogP contribution in [0.5, 0.6) is 5.75 Å². The molecule has 1 aromatic heterocycles. The minimum Gasteiger partial charge on any atom is -0.487 e. The van der Waals surface area contributed by atoms with Gasteiger partial charge in [0, 0.05) is 19.6 Å². The van der Waals surface area contributed by atoms with Crippen LogP contribution < -0.4 is 4.74 Å². The Hall–Kier alpha value is -3.44. The van der Waals surface area contributed by atoms with E-state index >= 15 is 0 Å². The summed E-state index contributed by atoms with van der Waals surface area (Å²) in [6.45, 7) is 5.24. The van der Waals surface area contributed by atoms with Crippen molar-refractivity contribution < 1.29 is 39.2 Å². The average Bonchev–Trinajstić information content (AvgIpc) is 3.28. The summed E-state index contributed by atoms with van der Waals surface area (Å²) in [5, 5.41) is 22.8. The van der Waals surface area contributed by atoms with E-state index in [0.29, 0.717) is 13.2 Å². The van der Waals surface area contributed by atoms with Gasteiger partial charge in [-0.05, 0) is 49.4 Å². The number of carboxylic acid groups (broad SMARTS) is 3. The van der Waals surface area contributed by atoms with Gasteiger partial charge in [-0.3, -0.25) is 19.3 Å². The zero-order valence-corrected chi connectivity index (χ0v) is 19.1. The van der Waals surface area contributed by atoms with Crippen LogP contribution in [0.25, 0.3) is 0 Å². The van der Waals surface area contributed by atoms with Crippen LogP contribution in [0.3, 0.4) is 0 Å². The maximum atomic E-state index is 11.0. The first-order valence-electron chi connectivity index (χ1n) is 10.9. The van der Waals surface area contributed by atoms with Crippen LogP contribution in [-0.2, 0) is 44.3 Å². The summed E-state index contributed by atoms with van der Waals surface area (Å²) in [7, 11) is 0. The summed E-state index contributed by atoms with van der Waals surface area (Å²) >= 11 is 0. The van der Waals surface area contributed by atoms with Gasteiger partial charge in [-0.25, -0.2) is 4.98 Å². The summed E-state index contributed by atoms with van der Waals surface area (Å²) in [6.07, 6.45) is 6.19. The highest BCUT2D eigenvalue weighted by Crippen LogP contribution is 2.42. The second-order valence-corrected chi connectivity index (χ2v) is 7.75. The highest BCUT2D eigenvalue weighted by atomic mass is 16.5. The fourth-order valence-corrected chi connectivity index (χ4v) is 4.33. The lowest BCUT2D eigenvalue weighted by Crippen LogP contribution is -2.47. The molecule has 4 rings (SSSR count). The molecule has 11 nitrogen and oxygen atoms in total. The monoisotopic (exact) mass is 477 g/mol. The van der Waals surface area contributed by atoms with E-state index in [4.69, 9.17) is 34.4 Å². The Kier molecular flexibility index (Phi) is 10.5. The summed E-state index contributed by atoms with van der Waals surface area (Å²) in [4.78, 5) is 33.9. The summed E-state index contributed by atoms with van der Waals surface area (Å²) in [5.41, 5.74) is 3.28. The van der Waals surface area contributed by atoms with Crippen molar-refractivity contribution in [2.24, 2.45) is 0 Å². The molecule has 1 saturated heterocycles. The van der Waals surface area contributed by atoms with Crippen molar-refractivity contribution in [3.8, 4) is 5.75 Å². The van der Waals surface area contributed by atoms with E-state index in [-0.39, 0.29) is 25.1 Å². The highest BCUT2D eigenvalue weighted by molar-refractivity contribution is 5.69. The molecular formula is C23H31N3O8. The number of imidazole rings is 1. The van der Waals surface area contributed by atoms with E-state index in [0.717, 1.165) is 50.3 Å². The van der Waals surface area contributed by atoms with Gasteiger partial charge in [-0.1, -0.05) is 6.07 Å². The number of aliphatic carboxylic acids is 1. The summed E-state index contributed by atoms with van der Waals surface area (Å²) in [6, 6.07) is 6.29. The van der Waals surface area contributed by atoms with Crippen LogP contribution in [-0.4, -0.2) is 74.9 Å². The number of carbonyl (C=O) groups is 3. The molecule has 3 N–H and O–H groups in total. The van der Waals surface area contributed by atoms with Crippen molar-refractivity contribution in [1.29, 1.82) is 0 Å². The van der Waals surface area contributed by atoms with Gasteiger partial charge in [0.2, 0.25) is 0 Å². The van der Waals surface area contributed by atoms with E-state index in [1.807, 2.05) is 23.5 Å². The predicted octanol–water partition coefficient (Wildman–Crippen LogP) is 1.83. The average molecular weight is 478 g/mol. The van der Waals surface area contributed by atoms with Crippen LogP contribution >= 0.6 is 0 Å². The molecule has 0 amide bonds. The number of fused-ring (bicyclic) bond motifs is 2. The van der Waals surface area contributed by atoms with Crippen molar-refractivity contribution in [3.63, 3.8) is 0 Å². The Morgan fingerprint density at radius 2 is 1.91 bits per heavy atom. The fraction of sp³-hybridized carbons (Fsp3) is 0.478. The number of likely N-dealkylation sites (tertiary alicyclic amines) is 1. The van der Waals surface area contributed by atoms with Crippen molar-refractivity contribution in [1.82, 2.24) is 14.5 Å². The number of aryl methyl sites for hydroxylation is 1. The van der Waals surface area contributed by atoms with Gasteiger partial charge in [0.15, 0.2) is 0 Å². The molecule has 0 bridgehead atoms. The molecule has 1 fully saturated rings. The van der Waals surface area contributed by atoms with Gasteiger partial charge in [0.1, 0.15) is 12.4 Å². The van der Waals surface area contributed by atoms with Crippen LogP contribution in [0.15, 0.2) is 30.7 Å². The largest absolute Gasteiger partial charge is 0.487 e. The zero-order chi connectivity index (χ0) is 25.0. The Morgan fingerprint density at radius 3 is 2.53 bits per heavy atom. The molecule has 0 aliphatic carbocycles. The topological polar surface area (TPSA) is 151 Å². The maximum absolute atomic E-state index is 11.0. The fourth-order valence-electron chi connectivity index (χ4n) is 4.33. The predicted molar refractivity (Wildman–Crippen MR) is 121 cm³/mol. The molecule has 2 aliphatic heterocycles. The molecule has 2 aliphatic rings. The summed E-state index contributed by atoms with van der Waals surface area (Å²) < 4.78 is 14.3. The van der Waals surface area contributed by atoms with Crippen LogP contribution in [0.2, 0.25) is 0 Å². The third-order valence-corrected chi connectivity index (χ3v) is 5.87. The lowest BCUT2D eigenvalue weighted by atomic mass is 9.79. The number of aromatic nitrogens is 2. The second kappa shape index (κ2) is 13.3. The minimum absolute atomic E-state index is 0.101. The van der Waals surface area contributed by atoms with E-state index in [1.165, 1.54) is 11.1 Å². The number of carboxylic acids is 1. The summed E-state index contributed by atoms with van der Waals surface area (Å²) in [5.74, 6) is 0.0927. The molecule has 34 heavy (non-hydrogen) atoms. The first kappa shape index (κ1) is 26.8. The molecule has 0 unspecified atom stereocenters. The number of piperidine rings is 1. The van der Waals surface area contributed by atoms with E-state index in [9.17, 15) is 4.79 Å².